The van der Waals surface area contributed by atoms with Crippen LogP contribution in [-0.4, -0.2) is 26.2 Å². The van der Waals surface area contributed by atoms with Crippen molar-refractivity contribution in [2.24, 2.45) is 0 Å². The zero-order chi connectivity index (χ0) is 18.4. The van der Waals surface area contributed by atoms with Crippen molar-refractivity contribution in [3.8, 4) is 11.5 Å². The molecule has 1 atom stereocenters. The summed E-state index contributed by atoms with van der Waals surface area (Å²) in [6, 6.07) is 10.1. The molecule has 0 aromatic heterocycles. The van der Waals surface area contributed by atoms with Gasteiger partial charge in [-0.25, -0.2) is 0 Å². The zero-order valence-electron chi connectivity index (χ0n) is 14.2. The lowest BCUT2D eigenvalue weighted by Gasteiger charge is -2.16. The van der Waals surface area contributed by atoms with E-state index in [0.717, 1.165) is 5.56 Å². The maximum Gasteiger partial charge on any atom is 0.241 e. The maximum atomic E-state index is 12.3. The molecule has 2 rings (SSSR count). The summed E-state index contributed by atoms with van der Waals surface area (Å²) in [7, 11) is 3.17. The molecule has 0 saturated heterocycles. The van der Waals surface area contributed by atoms with Gasteiger partial charge in [-0.1, -0.05) is 29.3 Å². The first-order valence-corrected chi connectivity index (χ1v) is 8.40. The topological polar surface area (TPSA) is 59.6 Å². The molecule has 0 fully saturated rings. The van der Waals surface area contributed by atoms with Crippen molar-refractivity contribution in [1.82, 2.24) is 5.32 Å². The summed E-state index contributed by atoms with van der Waals surface area (Å²) >= 11 is 12.0. The van der Waals surface area contributed by atoms with Crippen LogP contribution in [0, 0.1) is 0 Å². The minimum absolute atomic E-state index is 0.204. The van der Waals surface area contributed by atoms with Crippen molar-refractivity contribution in [2.75, 3.05) is 19.5 Å². The molecule has 0 saturated carbocycles. The number of amides is 1. The molecule has 0 radical (unpaired) electrons. The normalized spacial score (nSPS) is 11.7. The number of hydrogen-bond donors (Lipinski definition) is 2. The Hall–Kier alpha value is -1.95. The Kier molecular flexibility index (Phi) is 6.93. The van der Waals surface area contributed by atoms with Gasteiger partial charge in [0, 0.05) is 11.6 Å². The van der Waals surface area contributed by atoms with Gasteiger partial charge in [0.2, 0.25) is 5.91 Å². The minimum Gasteiger partial charge on any atom is -0.493 e. The van der Waals surface area contributed by atoms with Crippen molar-refractivity contribution in [3.05, 3.63) is 52.0 Å². The van der Waals surface area contributed by atoms with Crippen LogP contribution in [0.15, 0.2) is 36.4 Å². The number of ether oxygens (including phenoxy) is 2. The first-order chi connectivity index (χ1) is 11.9. The number of hydrogen-bond acceptors (Lipinski definition) is 4. The van der Waals surface area contributed by atoms with E-state index in [-0.39, 0.29) is 5.91 Å². The van der Waals surface area contributed by atoms with Crippen LogP contribution in [0.25, 0.3) is 0 Å². The smallest absolute Gasteiger partial charge is 0.241 e. The van der Waals surface area contributed by atoms with Gasteiger partial charge in [0.05, 0.1) is 31.0 Å². The van der Waals surface area contributed by atoms with E-state index < -0.39 is 6.04 Å². The molecule has 0 aliphatic rings. The molecule has 0 aliphatic heterocycles. The number of carbonyl (C=O) groups is 1. The van der Waals surface area contributed by atoms with Crippen LogP contribution in [0.1, 0.15) is 12.5 Å². The zero-order valence-corrected chi connectivity index (χ0v) is 15.7. The van der Waals surface area contributed by atoms with Crippen molar-refractivity contribution < 1.29 is 14.3 Å². The second kappa shape index (κ2) is 8.94. The van der Waals surface area contributed by atoms with Crippen LogP contribution in [0.5, 0.6) is 11.5 Å². The van der Waals surface area contributed by atoms with Crippen molar-refractivity contribution >= 4 is 34.8 Å². The molecule has 2 aromatic rings. The number of benzene rings is 2. The standard InChI is InChI=1S/C18H20Cl2N2O3/c1-11(18(23)22-15-9-13(19)5-6-14(15)20)21-10-12-4-7-16(24-2)17(8-12)25-3/h4-9,11,21H,10H2,1-3H3,(H,22,23). The minimum atomic E-state index is -0.428. The Bertz CT molecular complexity index is 753. The molecule has 2 aromatic carbocycles. The molecule has 0 aliphatic carbocycles. The van der Waals surface area contributed by atoms with Gasteiger partial charge in [0.15, 0.2) is 11.5 Å². The number of nitrogens with one attached hydrogen (secondary N) is 2. The highest BCUT2D eigenvalue weighted by molar-refractivity contribution is 6.35. The monoisotopic (exact) mass is 382 g/mol. The SMILES string of the molecule is COc1ccc(CNC(C)C(=O)Nc2cc(Cl)ccc2Cl)cc1OC. The molecule has 25 heavy (non-hydrogen) atoms. The molecule has 7 heteroatoms. The van der Waals surface area contributed by atoms with Crippen LogP contribution in [0.3, 0.4) is 0 Å². The lowest BCUT2D eigenvalue weighted by atomic mass is 10.2. The van der Waals surface area contributed by atoms with Gasteiger partial charge < -0.3 is 20.1 Å². The van der Waals surface area contributed by atoms with Gasteiger partial charge >= 0.3 is 0 Å². The molecule has 134 valence electrons. The quantitative estimate of drug-likeness (QED) is 0.755. The summed E-state index contributed by atoms with van der Waals surface area (Å²) in [5.41, 5.74) is 1.46. The predicted octanol–water partition coefficient (Wildman–Crippen LogP) is 4.13. The van der Waals surface area contributed by atoms with Gasteiger partial charge in [-0.3, -0.25) is 4.79 Å². The number of anilines is 1. The van der Waals surface area contributed by atoms with E-state index in [1.807, 2.05) is 18.2 Å². The lowest BCUT2D eigenvalue weighted by Crippen LogP contribution is -2.37. The van der Waals surface area contributed by atoms with Gasteiger partial charge in [0.1, 0.15) is 0 Å². The average Bonchev–Trinajstić information content (AvgIpc) is 2.62. The molecule has 5 nitrogen and oxygen atoms in total. The van der Waals surface area contributed by atoms with Crippen LogP contribution in [0.4, 0.5) is 5.69 Å². The van der Waals surface area contributed by atoms with Crippen LogP contribution in [0.2, 0.25) is 10.0 Å². The average molecular weight is 383 g/mol. The Morgan fingerprint density at radius 3 is 2.48 bits per heavy atom. The third kappa shape index (κ3) is 5.26. The van der Waals surface area contributed by atoms with Crippen LogP contribution < -0.4 is 20.1 Å². The summed E-state index contributed by atoms with van der Waals surface area (Å²) in [5, 5.41) is 6.86. The van der Waals surface area contributed by atoms with E-state index >= 15 is 0 Å². The maximum absolute atomic E-state index is 12.3. The molecule has 0 spiro atoms. The van der Waals surface area contributed by atoms with E-state index in [4.69, 9.17) is 32.7 Å². The van der Waals surface area contributed by atoms with Gasteiger partial charge in [-0.15, -0.1) is 0 Å². The van der Waals surface area contributed by atoms with Gasteiger partial charge in [0.25, 0.3) is 0 Å². The van der Waals surface area contributed by atoms with Crippen molar-refractivity contribution in [1.29, 1.82) is 0 Å². The Labute approximate surface area is 157 Å². The van der Waals surface area contributed by atoms with E-state index in [9.17, 15) is 4.79 Å². The second-order valence-corrected chi connectivity index (χ2v) is 6.25. The lowest BCUT2D eigenvalue weighted by molar-refractivity contribution is -0.117. The summed E-state index contributed by atoms with van der Waals surface area (Å²) in [6.45, 7) is 2.27. The summed E-state index contributed by atoms with van der Waals surface area (Å²) in [4.78, 5) is 12.3. The van der Waals surface area contributed by atoms with Gasteiger partial charge in [-0.2, -0.15) is 0 Å². The van der Waals surface area contributed by atoms with Crippen LogP contribution in [-0.2, 0) is 11.3 Å². The Morgan fingerprint density at radius 2 is 1.80 bits per heavy atom. The molecular weight excluding hydrogens is 363 g/mol. The van der Waals surface area contributed by atoms with E-state index in [0.29, 0.717) is 33.8 Å². The summed E-state index contributed by atoms with van der Waals surface area (Å²) < 4.78 is 10.5. The highest BCUT2D eigenvalue weighted by atomic mass is 35.5. The Morgan fingerprint density at radius 1 is 1.08 bits per heavy atom. The second-order valence-electron chi connectivity index (χ2n) is 5.41. The molecule has 2 N–H and O–H groups in total. The summed E-state index contributed by atoms with van der Waals surface area (Å²) in [5.74, 6) is 1.10. The highest BCUT2D eigenvalue weighted by Crippen LogP contribution is 2.28. The van der Waals surface area contributed by atoms with E-state index in [2.05, 4.69) is 10.6 Å². The number of rotatable bonds is 7. The fourth-order valence-corrected chi connectivity index (χ4v) is 2.53. The summed E-state index contributed by atoms with van der Waals surface area (Å²) in [6.07, 6.45) is 0. The number of halogens is 2. The first kappa shape index (κ1) is 19.4. The number of methoxy groups -OCH3 is 2. The van der Waals surface area contributed by atoms with Crippen molar-refractivity contribution in [3.63, 3.8) is 0 Å². The highest BCUT2D eigenvalue weighted by Gasteiger charge is 2.14. The largest absolute Gasteiger partial charge is 0.493 e. The molecule has 1 unspecified atom stereocenters. The third-order valence-corrected chi connectivity index (χ3v) is 4.20. The predicted molar refractivity (Wildman–Crippen MR) is 101 cm³/mol. The van der Waals surface area contributed by atoms with Crippen molar-refractivity contribution in [2.45, 2.75) is 19.5 Å². The number of carbonyl (C=O) groups excluding carboxylic acids is 1. The first-order valence-electron chi connectivity index (χ1n) is 7.64. The van der Waals surface area contributed by atoms with Crippen LogP contribution >= 0.6 is 23.2 Å². The molecule has 0 heterocycles. The van der Waals surface area contributed by atoms with Gasteiger partial charge in [-0.05, 0) is 42.8 Å². The Balaban J connectivity index is 1.96. The molecule has 0 bridgehead atoms. The van der Waals surface area contributed by atoms with E-state index in [1.54, 1.807) is 39.3 Å². The fraction of sp³-hybridized carbons (Fsp3) is 0.278. The molecular formula is C18H20Cl2N2O3. The van der Waals surface area contributed by atoms with E-state index in [1.165, 1.54) is 0 Å². The third-order valence-electron chi connectivity index (χ3n) is 3.64. The fourth-order valence-electron chi connectivity index (χ4n) is 2.19. The molecule has 1 amide bonds.